The summed E-state index contributed by atoms with van der Waals surface area (Å²) in [4.78, 5) is 0. The molecule has 2 aliphatic carbocycles. The molecule has 4 rings (SSSR count). The molecule has 4 aliphatic rings. The number of ether oxygens (including phenoxy) is 2. The van der Waals surface area contributed by atoms with Gasteiger partial charge in [0.15, 0.2) is 0 Å². The third-order valence-corrected chi connectivity index (χ3v) is 6.66. The van der Waals surface area contributed by atoms with Gasteiger partial charge in [-0.2, -0.15) is 0 Å². The minimum Gasteiger partial charge on any atom is -0.381 e. The van der Waals surface area contributed by atoms with E-state index in [-0.39, 0.29) is 5.60 Å². The highest BCUT2D eigenvalue weighted by atomic mass is 16.5. The largest absolute Gasteiger partial charge is 0.381 e. The Bertz CT molecular complexity index is 337. The molecule has 1 N–H and O–H groups in total. The van der Waals surface area contributed by atoms with E-state index in [9.17, 15) is 0 Å². The van der Waals surface area contributed by atoms with Crippen molar-refractivity contribution in [3.8, 4) is 0 Å². The van der Waals surface area contributed by atoms with Crippen molar-refractivity contribution < 1.29 is 9.47 Å². The fourth-order valence-electron chi connectivity index (χ4n) is 5.62. The fraction of sp³-hybridized carbons (Fsp3) is 1.00. The van der Waals surface area contributed by atoms with E-state index in [0.717, 1.165) is 62.4 Å². The maximum absolute atomic E-state index is 6.22. The minimum atomic E-state index is 0.153. The first kappa shape index (κ1) is 13.5. The summed E-state index contributed by atoms with van der Waals surface area (Å²) in [5.74, 6) is 3.91. The molecule has 4 fully saturated rings. The van der Waals surface area contributed by atoms with E-state index in [2.05, 4.69) is 12.4 Å². The van der Waals surface area contributed by atoms with Crippen LogP contribution in [0.25, 0.3) is 0 Å². The Morgan fingerprint density at radius 3 is 2.50 bits per heavy atom. The van der Waals surface area contributed by atoms with Gasteiger partial charge < -0.3 is 14.8 Å². The summed E-state index contributed by atoms with van der Waals surface area (Å²) in [6.07, 6.45) is 9.21. The smallest absolute Gasteiger partial charge is 0.0729 e. The zero-order valence-electron chi connectivity index (χ0n) is 12.8. The molecule has 114 valence electrons. The molecule has 3 heteroatoms. The lowest BCUT2D eigenvalue weighted by Crippen LogP contribution is -2.49. The Hall–Kier alpha value is -0.120. The van der Waals surface area contributed by atoms with Crippen LogP contribution in [0.15, 0.2) is 0 Å². The SMILES string of the molecule is CNC(C1CCOC2(CCOCC2)C1)C1C2CCCC21. The van der Waals surface area contributed by atoms with Crippen molar-refractivity contribution in [2.75, 3.05) is 26.9 Å². The Balaban J connectivity index is 1.44. The minimum absolute atomic E-state index is 0.153. The van der Waals surface area contributed by atoms with Crippen LogP contribution in [0, 0.1) is 23.7 Å². The van der Waals surface area contributed by atoms with E-state index in [0.29, 0.717) is 0 Å². The Kier molecular flexibility index (Phi) is 3.56. The number of hydrogen-bond acceptors (Lipinski definition) is 3. The fourth-order valence-corrected chi connectivity index (χ4v) is 5.62. The summed E-state index contributed by atoms with van der Waals surface area (Å²) in [7, 11) is 2.19. The second kappa shape index (κ2) is 5.26. The molecule has 0 aromatic rings. The van der Waals surface area contributed by atoms with Gasteiger partial charge in [-0.25, -0.2) is 0 Å². The normalized spacial score (nSPS) is 44.2. The highest BCUT2D eigenvalue weighted by Crippen LogP contribution is 2.60. The molecule has 4 atom stereocenters. The van der Waals surface area contributed by atoms with Gasteiger partial charge in [-0.1, -0.05) is 6.42 Å². The molecule has 1 spiro atoms. The van der Waals surface area contributed by atoms with Gasteiger partial charge in [0.05, 0.1) is 5.60 Å². The average molecular weight is 279 g/mol. The summed E-state index contributed by atoms with van der Waals surface area (Å²) in [6, 6.07) is 0.744. The van der Waals surface area contributed by atoms with Crippen LogP contribution in [-0.2, 0) is 9.47 Å². The molecule has 0 aromatic heterocycles. The maximum Gasteiger partial charge on any atom is 0.0729 e. The Morgan fingerprint density at radius 2 is 1.80 bits per heavy atom. The van der Waals surface area contributed by atoms with Crippen molar-refractivity contribution in [3.63, 3.8) is 0 Å². The predicted octanol–water partition coefficient (Wildman–Crippen LogP) is 2.60. The van der Waals surface area contributed by atoms with Gasteiger partial charge in [0.2, 0.25) is 0 Å². The standard InChI is InChI=1S/C17H29NO2/c1-18-16(15-13-3-2-4-14(13)15)12-5-8-20-17(11-12)6-9-19-10-7-17/h12-16,18H,2-11H2,1H3. The third-order valence-electron chi connectivity index (χ3n) is 6.66. The quantitative estimate of drug-likeness (QED) is 0.861. The molecule has 2 saturated heterocycles. The lowest BCUT2D eigenvalue weighted by atomic mass is 9.76. The van der Waals surface area contributed by atoms with Gasteiger partial charge in [-0.3, -0.25) is 0 Å². The van der Waals surface area contributed by atoms with Gasteiger partial charge in [0, 0.05) is 25.9 Å². The molecular formula is C17H29NO2. The summed E-state index contributed by atoms with van der Waals surface area (Å²) in [5.41, 5.74) is 0.153. The molecule has 4 unspecified atom stereocenters. The molecule has 0 bridgehead atoms. The maximum atomic E-state index is 6.22. The molecule has 3 nitrogen and oxygen atoms in total. The van der Waals surface area contributed by atoms with Crippen molar-refractivity contribution in [1.29, 1.82) is 0 Å². The second-order valence-electron chi connectivity index (χ2n) is 7.55. The molecule has 2 saturated carbocycles. The summed E-state index contributed by atoms with van der Waals surface area (Å²) in [6.45, 7) is 2.75. The molecule has 2 heterocycles. The first-order chi connectivity index (χ1) is 9.83. The van der Waals surface area contributed by atoms with Crippen molar-refractivity contribution in [2.24, 2.45) is 23.7 Å². The van der Waals surface area contributed by atoms with Crippen molar-refractivity contribution in [2.45, 2.75) is 56.6 Å². The van der Waals surface area contributed by atoms with Crippen LogP contribution in [0.1, 0.15) is 44.9 Å². The van der Waals surface area contributed by atoms with Crippen molar-refractivity contribution in [3.05, 3.63) is 0 Å². The molecule has 0 aromatic carbocycles. The molecule has 2 aliphatic heterocycles. The van der Waals surface area contributed by atoms with Crippen molar-refractivity contribution in [1.82, 2.24) is 5.32 Å². The number of fused-ring (bicyclic) bond motifs is 1. The summed E-state index contributed by atoms with van der Waals surface area (Å²) >= 11 is 0. The first-order valence-electron chi connectivity index (χ1n) is 8.72. The van der Waals surface area contributed by atoms with Crippen LogP contribution in [0.2, 0.25) is 0 Å². The van der Waals surface area contributed by atoms with E-state index < -0.39 is 0 Å². The van der Waals surface area contributed by atoms with E-state index in [4.69, 9.17) is 9.47 Å². The summed E-state index contributed by atoms with van der Waals surface area (Å²) < 4.78 is 11.8. The van der Waals surface area contributed by atoms with Crippen molar-refractivity contribution >= 4 is 0 Å². The zero-order valence-corrected chi connectivity index (χ0v) is 12.8. The van der Waals surface area contributed by atoms with Gasteiger partial charge in [-0.05, 0) is 69.2 Å². The van der Waals surface area contributed by atoms with Crippen LogP contribution < -0.4 is 5.32 Å². The van der Waals surface area contributed by atoms with Gasteiger partial charge in [0.1, 0.15) is 0 Å². The van der Waals surface area contributed by atoms with E-state index in [1.165, 1.54) is 32.1 Å². The van der Waals surface area contributed by atoms with E-state index in [1.54, 1.807) is 0 Å². The lowest BCUT2D eigenvalue weighted by Gasteiger charge is -2.45. The summed E-state index contributed by atoms with van der Waals surface area (Å²) in [5, 5.41) is 3.70. The average Bonchev–Trinajstić information content (AvgIpc) is 2.94. The molecule has 20 heavy (non-hydrogen) atoms. The van der Waals surface area contributed by atoms with Gasteiger partial charge >= 0.3 is 0 Å². The molecule has 0 radical (unpaired) electrons. The van der Waals surface area contributed by atoms with Crippen LogP contribution in [0.5, 0.6) is 0 Å². The molecule has 0 amide bonds. The first-order valence-corrected chi connectivity index (χ1v) is 8.72. The van der Waals surface area contributed by atoms with Crippen LogP contribution in [0.4, 0.5) is 0 Å². The molecular weight excluding hydrogens is 250 g/mol. The van der Waals surface area contributed by atoms with Gasteiger partial charge in [0.25, 0.3) is 0 Å². The van der Waals surface area contributed by atoms with E-state index >= 15 is 0 Å². The number of hydrogen-bond donors (Lipinski definition) is 1. The van der Waals surface area contributed by atoms with Crippen LogP contribution in [-0.4, -0.2) is 38.5 Å². The zero-order chi connectivity index (χ0) is 13.6. The Labute approximate surface area is 122 Å². The number of nitrogens with one attached hydrogen (secondary N) is 1. The van der Waals surface area contributed by atoms with E-state index in [1.807, 2.05) is 0 Å². The van der Waals surface area contributed by atoms with Gasteiger partial charge in [-0.15, -0.1) is 0 Å². The van der Waals surface area contributed by atoms with Crippen LogP contribution >= 0.6 is 0 Å². The second-order valence-corrected chi connectivity index (χ2v) is 7.55. The highest BCUT2D eigenvalue weighted by Gasteiger charge is 2.57. The third kappa shape index (κ3) is 2.22. The topological polar surface area (TPSA) is 30.5 Å². The number of rotatable bonds is 3. The predicted molar refractivity (Wildman–Crippen MR) is 78.6 cm³/mol. The van der Waals surface area contributed by atoms with Crippen LogP contribution in [0.3, 0.4) is 0 Å². The monoisotopic (exact) mass is 279 g/mol. The Morgan fingerprint density at radius 1 is 1.05 bits per heavy atom. The lowest BCUT2D eigenvalue weighted by molar-refractivity contribution is -0.150. The highest BCUT2D eigenvalue weighted by molar-refractivity contribution is 5.08.